The minimum atomic E-state index is -3.34. The van der Waals surface area contributed by atoms with Crippen molar-refractivity contribution in [2.75, 3.05) is 12.8 Å². The second kappa shape index (κ2) is 5.92. The van der Waals surface area contributed by atoms with E-state index in [1.807, 2.05) is 6.92 Å². The fourth-order valence-electron chi connectivity index (χ4n) is 2.50. The Labute approximate surface area is 118 Å². The van der Waals surface area contributed by atoms with Gasteiger partial charge in [0.1, 0.15) is 11.9 Å². The molecule has 8 heteroatoms. The molecule has 2 unspecified atom stereocenters. The predicted molar refractivity (Wildman–Crippen MR) is 74.3 cm³/mol. The molecule has 1 amide bonds. The Kier molecular flexibility index (Phi) is 4.44. The molecule has 1 aliphatic heterocycles. The first-order valence-corrected chi connectivity index (χ1v) is 8.54. The van der Waals surface area contributed by atoms with E-state index in [1.165, 1.54) is 4.31 Å². The molecule has 1 aromatic rings. The van der Waals surface area contributed by atoms with E-state index >= 15 is 0 Å². The molecule has 0 radical (unpaired) electrons. The number of carbonyl (C=O) groups excluding carboxylic acids is 1. The van der Waals surface area contributed by atoms with Crippen LogP contribution in [0.5, 0.6) is 0 Å². The standard InChI is InChI=1S/C12H20N4O3S/c1-3-9(11-13-6-7-14-11)15-12(17)10-5-4-8-16(10)20(2,18)19/h6-7,9-10H,3-5,8H2,1-2H3,(H,13,14)(H,15,17). The van der Waals surface area contributed by atoms with E-state index in [1.54, 1.807) is 12.4 Å². The zero-order valence-corrected chi connectivity index (χ0v) is 12.5. The van der Waals surface area contributed by atoms with E-state index < -0.39 is 16.1 Å². The maximum Gasteiger partial charge on any atom is 0.239 e. The minimum absolute atomic E-state index is 0.223. The Balaban J connectivity index is 2.07. The van der Waals surface area contributed by atoms with Crippen molar-refractivity contribution in [1.29, 1.82) is 0 Å². The fourth-order valence-corrected chi connectivity index (χ4v) is 3.62. The Morgan fingerprint density at radius 3 is 2.95 bits per heavy atom. The van der Waals surface area contributed by atoms with Crippen LogP contribution in [-0.4, -0.2) is 47.4 Å². The lowest BCUT2D eigenvalue weighted by Gasteiger charge is -2.23. The monoisotopic (exact) mass is 300 g/mol. The van der Waals surface area contributed by atoms with Crippen LogP contribution in [0.4, 0.5) is 0 Å². The van der Waals surface area contributed by atoms with Gasteiger partial charge in [0.05, 0.1) is 12.3 Å². The first kappa shape index (κ1) is 15.0. The maximum absolute atomic E-state index is 12.3. The number of aromatic amines is 1. The van der Waals surface area contributed by atoms with E-state index in [4.69, 9.17) is 0 Å². The fraction of sp³-hybridized carbons (Fsp3) is 0.667. The van der Waals surface area contributed by atoms with Crippen LogP contribution in [0.1, 0.15) is 38.1 Å². The van der Waals surface area contributed by atoms with Gasteiger partial charge in [-0.2, -0.15) is 4.31 Å². The van der Waals surface area contributed by atoms with Crippen molar-refractivity contribution in [1.82, 2.24) is 19.6 Å². The minimum Gasteiger partial charge on any atom is -0.347 e. The van der Waals surface area contributed by atoms with Gasteiger partial charge in [0.2, 0.25) is 15.9 Å². The zero-order chi connectivity index (χ0) is 14.8. The lowest BCUT2D eigenvalue weighted by atomic mass is 10.1. The highest BCUT2D eigenvalue weighted by Crippen LogP contribution is 2.22. The molecule has 1 aromatic heterocycles. The highest BCUT2D eigenvalue weighted by atomic mass is 32.2. The van der Waals surface area contributed by atoms with Gasteiger partial charge in [0, 0.05) is 18.9 Å². The van der Waals surface area contributed by atoms with Crippen LogP contribution in [0.3, 0.4) is 0 Å². The molecule has 0 bridgehead atoms. The quantitative estimate of drug-likeness (QED) is 0.823. The van der Waals surface area contributed by atoms with E-state index in [0.29, 0.717) is 31.6 Å². The number of hydrogen-bond acceptors (Lipinski definition) is 4. The highest BCUT2D eigenvalue weighted by molar-refractivity contribution is 7.88. The number of amides is 1. The van der Waals surface area contributed by atoms with Gasteiger partial charge in [-0.3, -0.25) is 4.79 Å². The van der Waals surface area contributed by atoms with Gasteiger partial charge in [-0.1, -0.05) is 6.92 Å². The number of aromatic nitrogens is 2. The maximum atomic E-state index is 12.3. The molecule has 2 atom stereocenters. The summed E-state index contributed by atoms with van der Waals surface area (Å²) in [6.45, 7) is 2.35. The second-order valence-corrected chi connectivity index (χ2v) is 6.91. The molecule has 0 aromatic carbocycles. The summed E-state index contributed by atoms with van der Waals surface area (Å²) < 4.78 is 24.6. The van der Waals surface area contributed by atoms with Gasteiger partial charge >= 0.3 is 0 Å². The van der Waals surface area contributed by atoms with E-state index in [0.717, 1.165) is 6.26 Å². The number of nitrogens with one attached hydrogen (secondary N) is 2. The number of hydrogen-bond donors (Lipinski definition) is 2. The summed E-state index contributed by atoms with van der Waals surface area (Å²) in [5.41, 5.74) is 0. The lowest BCUT2D eigenvalue weighted by Crippen LogP contribution is -2.46. The Bertz CT molecular complexity index is 555. The summed E-state index contributed by atoms with van der Waals surface area (Å²) in [6.07, 6.45) is 6.43. The number of carbonyl (C=O) groups is 1. The molecule has 7 nitrogen and oxygen atoms in total. The van der Waals surface area contributed by atoms with Gasteiger partial charge in [-0.05, 0) is 19.3 Å². The molecule has 2 heterocycles. The third kappa shape index (κ3) is 3.18. The van der Waals surface area contributed by atoms with Crippen molar-refractivity contribution in [3.8, 4) is 0 Å². The molecule has 1 fully saturated rings. The predicted octanol–water partition coefficient (Wildman–Crippen LogP) is 0.401. The Morgan fingerprint density at radius 1 is 1.65 bits per heavy atom. The molecule has 20 heavy (non-hydrogen) atoms. The molecular weight excluding hydrogens is 280 g/mol. The van der Waals surface area contributed by atoms with Gasteiger partial charge in [0.25, 0.3) is 0 Å². The normalized spacial score (nSPS) is 21.8. The van der Waals surface area contributed by atoms with Crippen molar-refractivity contribution in [3.63, 3.8) is 0 Å². The summed E-state index contributed by atoms with van der Waals surface area (Å²) >= 11 is 0. The lowest BCUT2D eigenvalue weighted by molar-refractivity contribution is -0.125. The van der Waals surface area contributed by atoms with Gasteiger partial charge in [0.15, 0.2) is 0 Å². The van der Waals surface area contributed by atoms with Crippen molar-refractivity contribution >= 4 is 15.9 Å². The van der Waals surface area contributed by atoms with Gasteiger partial charge < -0.3 is 10.3 Å². The molecule has 112 valence electrons. The van der Waals surface area contributed by atoms with Gasteiger partial charge in [-0.15, -0.1) is 0 Å². The second-order valence-electron chi connectivity index (χ2n) is 4.98. The molecular formula is C12H20N4O3S. The first-order chi connectivity index (χ1) is 9.43. The van der Waals surface area contributed by atoms with Crippen molar-refractivity contribution in [2.24, 2.45) is 0 Å². The van der Waals surface area contributed by atoms with Crippen LogP contribution in [-0.2, 0) is 14.8 Å². The van der Waals surface area contributed by atoms with Gasteiger partial charge in [-0.25, -0.2) is 13.4 Å². The molecule has 1 saturated heterocycles. The van der Waals surface area contributed by atoms with E-state index in [2.05, 4.69) is 15.3 Å². The molecule has 0 spiro atoms. The van der Waals surface area contributed by atoms with E-state index in [-0.39, 0.29) is 11.9 Å². The summed E-state index contributed by atoms with van der Waals surface area (Å²) in [6, 6.07) is -0.825. The van der Waals surface area contributed by atoms with Crippen molar-refractivity contribution in [2.45, 2.75) is 38.3 Å². The smallest absolute Gasteiger partial charge is 0.239 e. The Hall–Kier alpha value is -1.41. The third-order valence-electron chi connectivity index (χ3n) is 3.51. The summed E-state index contributed by atoms with van der Waals surface area (Å²) in [5.74, 6) is 0.431. The SMILES string of the molecule is CCC(NC(=O)C1CCCN1S(C)(=O)=O)c1ncc[nH]1. The molecule has 0 saturated carbocycles. The molecule has 1 aliphatic rings. The molecule has 2 N–H and O–H groups in total. The van der Waals surface area contributed by atoms with E-state index in [9.17, 15) is 13.2 Å². The first-order valence-electron chi connectivity index (χ1n) is 6.70. The van der Waals surface area contributed by atoms with Crippen molar-refractivity contribution in [3.05, 3.63) is 18.2 Å². The number of H-pyrrole nitrogens is 1. The topological polar surface area (TPSA) is 95.2 Å². The third-order valence-corrected chi connectivity index (χ3v) is 4.80. The van der Waals surface area contributed by atoms with Crippen LogP contribution >= 0.6 is 0 Å². The van der Waals surface area contributed by atoms with Crippen LogP contribution in [0.15, 0.2) is 12.4 Å². The van der Waals surface area contributed by atoms with Crippen molar-refractivity contribution < 1.29 is 13.2 Å². The zero-order valence-electron chi connectivity index (χ0n) is 11.7. The van der Waals surface area contributed by atoms with Crippen LogP contribution in [0, 0.1) is 0 Å². The molecule has 2 rings (SSSR count). The summed E-state index contributed by atoms with van der Waals surface area (Å²) in [5, 5.41) is 2.87. The van der Waals surface area contributed by atoms with Crippen LogP contribution in [0.2, 0.25) is 0 Å². The summed E-state index contributed by atoms with van der Waals surface area (Å²) in [4.78, 5) is 19.4. The van der Waals surface area contributed by atoms with Crippen LogP contribution in [0.25, 0.3) is 0 Å². The Morgan fingerprint density at radius 2 is 2.40 bits per heavy atom. The molecule has 0 aliphatic carbocycles. The number of nitrogens with zero attached hydrogens (tertiary/aromatic N) is 2. The largest absolute Gasteiger partial charge is 0.347 e. The highest BCUT2D eigenvalue weighted by Gasteiger charge is 2.37. The van der Waals surface area contributed by atoms with Crippen LogP contribution < -0.4 is 5.32 Å². The average molecular weight is 300 g/mol. The number of rotatable bonds is 5. The summed E-state index contributed by atoms with van der Waals surface area (Å²) in [7, 11) is -3.34. The average Bonchev–Trinajstić information content (AvgIpc) is 3.04. The number of imidazole rings is 1. The number of sulfonamides is 1.